The van der Waals surface area contributed by atoms with Gasteiger partial charge in [0.1, 0.15) is 0 Å². The van der Waals surface area contributed by atoms with E-state index in [0.717, 1.165) is 6.07 Å². The molecule has 0 amide bonds. The van der Waals surface area contributed by atoms with Gasteiger partial charge in [-0.25, -0.2) is 4.68 Å². The topological polar surface area (TPSA) is 43.8 Å². The van der Waals surface area contributed by atoms with Gasteiger partial charge in [-0.1, -0.05) is 6.07 Å². The predicted octanol–water partition coefficient (Wildman–Crippen LogP) is 3.11. The average Bonchev–Trinajstić information content (AvgIpc) is 2.74. The van der Waals surface area contributed by atoms with Crippen LogP contribution in [-0.2, 0) is 12.7 Å². The molecular formula is C11H9BrF3N3. The Morgan fingerprint density at radius 3 is 2.56 bits per heavy atom. The standard InChI is InChI=1S/C11H9BrF3N3/c12-8-5-17-18(6-8)10-2-1-7(4-16)3-9(10)11(13,14)15/h1-3,5-6H,4,16H2. The fourth-order valence-corrected chi connectivity index (χ4v) is 1.86. The molecule has 1 heterocycles. The summed E-state index contributed by atoms with van der Waals surface area (Å²) in [6, 6.07) is 3.97. The maximum absolute atomic E-state index is 13.0. The number of nitrogens with zero attached hydrogens (tertiary/aromatic N) is 2. The Balaban J connectivity index is 2.60. The summed E-state index contributed by atoms with van der Waals surface area (Å²) >= 11 is 3.15. The van der Waals surface area contributed by atoms with Crippen molar-refractivity contribution in [1.29, 1.82) is 0 Å². The highest BCUT2D eigenvalue weighted by atomic mass is 79.9. The van der Waals surface area contributed by atoms with Crippen LogP contribution in [-0.4, -0.2) is 9.78 Å². The van der Waals surface area contributed by atoms with Crippen molar-refractivity contribution in [1.82, 2.24) is 9.78 Å². The molecule has 0 aliphatic heterocycles. The van der Waals surface area contributed by atoms with E-state index in [1.54, 1.807) is 6.07 Å². The Morgan fingerprint density at radius 1 is 1.33 bits per heavy atom. The molecule has 0 saturated heterocycles. The Bertz CT molecular complexity index is 563. The Kier molecular flexibility index (Phi) is 3.45. The van der Waals surface area contributed by atoms with E-state index in [1.165, 1.54) is 23.1 Å². The predicted molar refractivity (Wildman–Crippen MR) is 64.2 cm³/mol. The molecule has 0 saturated carbocycles. The zero-order chi connectivity index (χ0) is 13.3. The number of rotatable bonds is 2. The van der Waals surface area contributed by atoms with Crippen molar-refractivity contribution in [3.63, 3.8) is 0 Å². The second kappa shape index (κ2) is 4.74. The van der Waals surface area contributed by atoms with Crippen LogP contribution < -0.4 is 5.73 Å². The molecule has 0 spiro atoms. The molecule has 2 N–H and O–H groups in total. The summed E-state index contributed by atoms with van der Waals surface area (Å²) in [5.41, 5.74) is 5.01. The van der Waals surface area contributed by atoms with Crippen molar-refractivity contribution >= 4 is 15.9 Å². The fraction of sp³-hybridized carbons (Fsp3) is 0.182. The van der Waals surface area contributed by atoms with Crippen LogP contribution >= 0.6 is 15.9 Å². The maximum atomic E-state index is 13.0. The first-order valence-electron chi connectivity index (χ1n) is 5.02. The molecule has 0 fully saturated rings. The van der Waals surface area contributed by atoms with Gasteiger partial charge in [0.15, 0.2) is 0 Å². The molecule has 0 aliphatic carbocycles. The molecular weight excluding hydrogens is 311 g/mol. The molecule has 0 unspecified atom stereocenters. The highest BCUT2D eigenvalue weighted by Crippen LogP contribution is 2.34. The summed E-state index contributed by atoms with van der Waals surface area (Å²) in [6.07, 6.45) is -1.55. The van der Waals surface area contributed by atoms with Gasteiger partial charge in [-0.3, -0.25) is 0 Å². The van der Waals surface area contributed by atoms with Crippen LogP contribution in [0.1, 0.15) is 11.1 Å². The van der Waals surface area contributed by atoms with Crippen molar-refractivity contribution in [2.75, 3.05) is 0 Å². The second-order valence-electron chi connectivity index (χ2n) is 3.66. The van der Waals surface area contributed by atoms with Gasteiger partial charge < -0.3 is 5.73 Å². The number of hydrogen-bond acceptors (Lipinski definition) is 2. The SMILES string of the molecule is NCc1ccc(-n2cc(Br)cn2)c(C(F)(F)F)c1. The highest BCUT2D eigenvalue weighted by molar-refractivity contribution is 9.10. The van der Waals surface area contributed by atoms with Crippen molar-refractivity contribution in [2.45, 2.75) is 12.7 Å². The van der Waals surface area contributed by atoms with E-state index in [2.05, 4.69) is 21.0 Å². The van der Waals surface area contributed by atoms with E-state index in [4.69, 9.17) is 5.73 Å². The summed E-state index contributed by atoms with van der Waals surface area (Å²) < 4.78 is 40.7. The maximum Gasteiger partial charge on any atom is 0.418 e. The third kappa shape index (κ3) is 2.56. The van der Waals surface area contributed by atoms with E-state index < -0.39 is 11.7 Å². The lowest BCUT2D eigenvalue weighted by Crippen LogP contribution is -2.12. The number of halogens is 4. The molecule has 3 nitrogen and oxygen atoms in total. The van der Waals surface area contributed by atoms with Gasteiger partial charge in [-0.2, -0.15) is 18.3 Å². The minimum atomic E-state index is -4.45. The number of hydrogen-bond donors (Lipinski definition) is 1. The summed E-state index contributed by atoms with van der Waals surface area (Å²) in [5.74, 6) is 0. The van der Waals surface area contributed by atoms with Gasteiger partial charge in [0, 0.05) is 12.7 Å². The van der Waals surface area contributed by atoms with E-state index in [-0.39, 0.29) is 12.2 Å². The lowest BCUT2D eigenvalue weighted by atomic mass is 10.1. The van der Waals surface area contributed by atoms with Crippen molar-refractivity contribution in [2.24, 2.45) is 5.73 Å². The molecule has 2 rings (SSSR count). The van der Waals surface area contributed by atoms with Gasteiger partial charge in [0.05, 0.1) is 21.9 Å². The first kappa shape index (κ1) is 13.1. The highest BCUT2D eigenvalue weighted by Gasteiger charge is 2.34. The van der Waals surface area contributed by atoms with Crippen molar-refractivity contribution < 1.29 is 13.2 Å². The van der Waals surface area contributed by atoms with Gasteiger partial charge in [-0.15, -0.1) is 0 Å². The third-order valence-electron chi connectivity index (χ3n) is 2.40. The van der Waals surface area contributed by atoms with E-state index >= 15 is 0 Å². The van der Waals surface area contributed by atoms with Crippen LogP contribution in [0.3, 0.4) is 0 Å². The zero-order valence-electron chi connectivity index (χ0n) is 9.08. The lowest BCUT2D eigenvalue weighted by molar-refractivity contribution is -0.137. The van der Waals surface area contributed by atoms with Crippen LogP contribution in [0.15, 0.2) is 35.1 Å². The molecule has 0 radical (unpaired) electrons. The molecule has 1 aromatic carbocycles. The molecule has 0 atom stereocenters. The minimum Gasteiger partial charge on any atom is -0.326 e. The monoisotopic (exact) mass is 319 g/mol. The van der Waals surface area contributed by atoms with Crippen LogP contribution in [0.5, 0.6) is 0 Å². The zero-order valence-corrected chi connectivity index (χ0v) is 10.7. The smallest absolute Gasteiger partial charge is 0.326 e. The summed E-state index contributed by atoms with van der Waals surface area (Å²) in [7, 11) is 0. The summed E-state index contributed by atoms with van der Waals surface area (Å²) in [4.78, 5) is 0. The van der Waals surface area contributed by atoms with E-state index in [9.17, 15) is 13.2 Å². The quantitative estimate of drug-likeness (QED) is 0.924. The Morgan fingerprint density at radius 2 is 2.06 bits per heavy atom. The lowest BCUT2D eigenvalue weighted by Gasteiger charge is -2.14. The van der Waals surface area contributed by atoms with E-state index in [0.29, 0.717) is 10.0 Å². The number of aromatic nitrogens is 2. The Labute approximate surface area is 110 Å². The summed E-state index contributed by atoms with van der Waals surface area (Å²) in [6.45, 7) is 0.0617. The van der Waals surface area contributed by atoms with Crippen molar-refractivity contribution in [3.05, 3.63) is 46.2 Å². The third-order valence-corrected chi connectivity index (χ3v) is 2.81. The van der Waals surface area contributed by atoms with Crippen LogP contribution in [0.25, 0.3) is 5.69 Å². The molecule has 0 aliphatic rings. The van der Waals surface area contributed by atoms with Crippen molar-refractivity contribution in [3.8, 4) is 5.69 Å². The number of benzene rings is 1. The van der Waals surface area contributed by atoms with Gasteiger partial charge >= 0.3 is 6.18 Å². The van der Waals surface area contributed by atoms with Crippen LogP contribution in [0, 0.1) is 0 Å². The first-order valence-corrected chi connectivity index (χ1v) is 5.82. The Hall–Kier alpha value is -1.34. The summed E-state index contributed by atoms with van der Waals surface area (Å²) in [5, 5.41) is 3.85. The molecule has 96 valence electrons. The molecule has 7 heteroatoms. The molecule has 18 heavy (non-hydrogen) atoms. The van der Waals surface area contributed by atoms with Crippen LogP contribution in [0.2, 0.25) is 0 Å². The second-order valence-corrected chi connectivity index (χ2v) is 4.57. The molecule has 2 aromatic rings. The van der Waals surface area contributed by atoms with Crippen LogP contribution in [0.4, 0.5) is 13.2 Å². The normalized spacial score (nSPS) is 11.8. The van der Waals surface area contributed by atoms with Gasteiger partial charge in [0.25, 0.3) is 0 Å². The minimum absolute atomic E-state index is 0.0228. The molecule has 0 bridgehead atoms. The number of nitrogens with two attached hydrogens (primary N) is 1. The largest absolute Gasteiger partial charge is 0.418 e. The first-order chi connectivity index (χ1) is 8.41. The van der Waals surface area contributed by atoms with Gasteiger partial charge in [-0.05, 0) is 33.6 Å². The fourth-order valence-electron chi connectivity index (χ4n) is 1.57. The van der Waals surface area contributed by atoms with Gasteiger partial charge in [0.2, 0.25) is 0 Å². The number of alkyl halides is 3. The average molecular weight is 320 g/mol. The molecule has 1 aromatic heterocycles. The van der Waals surface area contributed by atoms with E-state index in [1.807, 2.05) is 0 Å².